The Hall–Kier alpha value is -0.450. The SMILES string of the molecule is CCC1OCCC1CNCc1cc(Br)ccc1F. The summed E-state index contributed by atoms with van der Waals surface area (Å²) in [4.78, 5) is 0. The van der Waals surface area contributed by atoms with E-state index >= 15 is 0 Å². The van der Waals surface area contributed by atoms with Crippen LogP contribution in [0.1, 0.15) is 25.3 Å². The quantitative estimate of drug-likeness (QED) is 0.898. The number of nitrogens with one attached hydrogen (secondary N) is 1. The molecule has 0 amide bonds. The molecule has 1 aliphatic heterocycles. The Labute approximate surface area is 116 Å². The van der Waals surface area contributed by atoms with Gasteiger partial charge in [-0.1, -0.05) is 22.9 Å². The van der Waals surface area contributed by atoms with Crippen LogP contribution < -0.4 is 5.32 Å². The average molecular weight is 316 g/mol. The number of halogens is 2. The Kier molecular flexibility index (Phi) is 5.15. The Balaban J connectivity index is 1.83. The predicted octanol–water partition coefficient (Wildman–Crippen LogP) is 3.49. The molecule has 1 aliphatic rings. The van der Waals surface area contributed by atoms with Gasteiger partial charge in [-0.15, -0.1) is 0 Å². The van der Waals surface area contributed by atoms with Crippen LogP contribution >= 0.6 is 15.9 Å². The molecule has 1 heterocycles. The van der Waals surface area contributed by atoms with Crippen molar-refractivity contribution in [3.63, 3.8) is 0 Å². The van der Waals surface area contributed by atoms with Gasteiger partial charge in [-0.3, -0.25) is 0 Å². The molecule has 4 heteroatoms. The molecule has 1 aromatic carbocycles. The number of hydrogen-bond acceptors (Lipinski definition) is 2. The summed E-state index contributed by atoms with van der Waals surface area (Å²) in [6, 6.07) is 5.04. The van der Waals surface area contributed by atoms with Crippen LogP contribution in [0, 0.1) is 11.7 Å². The highest BCUT2D eigenvalue weighted by molar-refractivity contribution is 9.10. The molecular formula is C14H19BrFNO. The molecule has 1 N–H and O–H groups in total. The summed E-state index contributed by atoms with van der Waals surface area (Å²) < 4.78 is 20.1. The molecule has 0 radical (unpaired) electrons. The predicted molar refractivity (Wildman–Crippen MR) is 73.9 cm³/mol. The minimum absolute atomic E-state index is 0.152. The summed E-state index contributed by atoms with van der Waals surface area (Å²) in [5, 5.41) is 3.34. The first-order valence-electron chi connectivity index (χ1n) is 6.47. The molecule has 1 saturated heterocycles. The molecule has 2 rings (SSSR count). The number of ether oxygens (including phenoxy) is 1. The molecule has 0 aromatic heterocycles. The maximum Gasteiger partial charge on any atom is 0.127 e. The van der Waals surface area contributed by atoms with Crippen LogP contribution in [0.25, 0.3) is 0 Å². The van der Waals surface area contributed by atoms with Crippen molar-refractivity contribution in [2.75, 3.05) is 13.2 Å². The number of rotatable bonds is 5. The van der Waals surface area contributed by atoms with Crippen LogP contribution in [0.2, 0.25) is 0 Å². The van der Waals surface area contributed by atoms with Gasteiger partial charge in [0.25, 0.3) is 0 Å². The number of hydrogen-bond donors (Lipinski definition) is 1. The summed E-state index contributed by atoms with van der Waals surface area (Å²) >= 11 is 3.36. The second kappa shape index (κ2) is 6.64. The van der Waals surface area contributed by atoms with Gasteiger partial charge in [-0.2, -0.15) is 0 Å². The highest BCUT2D eigenvalue weighted by Gasteiger charge is 2.25. The fourth-order valence-electron chi connectivity index (χ4n) is 2.45. The van der Waals surface area contributed by atoms with Crippen molar-refractivity contribution in [3.8, 4) is 0 Å². The molecule has 0 spiro atoms. The van der Waals surface area contributed by atoms with Crippen molar-refractivity contribution < 1.29 is 9.13 Å². The van der Waals surface area contributed by atoms with Crippen molar-refractivity contribution in [3.05, 3.63) is 34.1 Å². The largest absolute Gasteiger partial charge is 0.378 e. The molecular weight excluding hydrogens is 297 g/mol. The van der Waals surface area contributed by atoms with Crippen LogP contribution in [0.5, 0.6) is 0 Å². The van der Waals surface area contributed by atoms with Crippen LogP contribution in [-0.4, -0.2) is 19.3 Å². The first kappa shape index (κ1) is 14.0. The van der Waals surface area contributed by atoms with Crippen molar-refractivity contribution in [1.29, 1.82) is 0 Å². The van der Waals surface area contributed by atoms with Gasteiger partial charge in [-0.25, -0.2) is 4.39 Å². The highest BCUT2D eigenvalue weighted by atomic mass is 79.9. The molecule has 100 valence electrons. The Morgan fingerprint density at radius 1 is 1.50 bits per heavy atom. The maximum atomic E-state index is 13.5. The average Bonchev–Trinajstić information content (AvgIpc) is 2.81. The van der Waals surface area contributed by atoms with Crippen molar-refractivity contribution in [2.45, 2.75) is 32.4 Å². The third kappa shape index (κ3) is 3.53. The van der Waals surface area contributed by atoms with Crippen molar-refractivity contribution in [1.82, 2.24) is 5.32 Å². The lowest BCUT2D eigenvalue weighted by atomic mass is 9.99. The Morgan fingerprint density at radius 3 is 3.11 bits per heavy atom. The standard InChI is InChI=1S/C14H19BrFNO/c1-2-14-10(5-6-18-14)8-17-9-11-7-12(15)3-4-13(11)16/h3-4,7,10,14,17H,2,5-6,8-9H2,1H3. The maximum absolute atomic E-state index is 13.5. The molecule has 2 unspecified atom stereocenters. The van der Waals surface area contributed by atoms with Gasteiger partial charge in [0, 0.05) is 29.7 Å². The molecule has 0 bridgehead atoms. The fourth-order valence-corrected chi connectivity index (χ4v) is 2.86. The summed E-state index contributed by atoms with van der Waals surface area (Å²) in [6.07, 6.45) is 2.52. The summed E-state index contributed by atoms with van der Waals surface area (Å²) in [5.74, 6) is 0.408. The van der Waals surface area contributed by atoms with E-state index in [1.54, 1.807) is 6.07 Å². The summed E-state index contributed by atoms with van der Waals surface area (Å²) in [6.45, 7) is 4.47. The zero-order valence-corrected chi connectivity index (χ0v) is 12.2. The van der Waals surface area contributed by atoms with Gasteiger partial charge in [0.15, 0.2) is 0 Å². The van der Waals surface area contributed by atoms with E-state index in [9.17, 15) is 4.39 Å². The van der Waals surface area contributed by atoms with Gasteiger partial charge >= 0.3 is 0 Å². The minimum atomic E-state index is -0.152. The molecule has 2 atom stereocenters. The molecule has 1 fully saturated rings. The zero-order chi connectivity index (χ0) is 13.0. The lowest BCUT2D eigenvalue weighted by Gasteiger charge is -2.17. The van der Waals surface area contributed by atoms with Crippen molar-refractivity contribution >= 4 is 15.9 Å². The van der Waals surface area contributed by atoms with Crippen LogP contribution in [0.4, 0.5) is 4.39 Å². The lowest BCUT2D eigenvalue weighted by Crippen LogP contribution is -2.28. The second-order valence-corrected chi connectivity index (χ2v) is 5.65. The monoisotopic (exact) mass is 315 g/mol. The van der Waals surface area contributed by atoms with Gasteiger partial charge in [0.2, 0.25) is 0 Å². The smallest absolute Gasteiger partial charge is 0.127 e. The summed E-state index contributed by atoms with van der Waals surface area (Å²) in [5.41, 5.74) is 0.705. The van der Waals surface area contributed by atoms with Crippen LogP contribution in [0.3, 0.4) is 0 Å². The van der Waals surface area contributed by atoms with Gasteiger partial charge in [0.1, 0.15) is 5.82 Å². The van der Waals surface area contributed by atoms with Crippen molar-refractivity contribution in [2.24, 2.45) is 5.92 Å². The summed E-state index contributed by atoms with van der Waals surface area (Å²) in [7, 11) is 0. The van der Waals surface area contributed by atoms with Crippen LogP contribution in [0.15, 0.2) is 22.7 Å². The second-order valence-electron chi connectivity index (χ2n) is 4.73. The van der Waals surface area contributed by atoms with E-state index in [0.29, 0.717) is 24.1 Å². The Morgan fingerprint density at radius 2 is 2.33 bits per heavy atom. The van der Waals surface area contributed by atoms with E-state index in [-0.39, 0.29) is 5.82 Å². The van der Waals surface area contributed by atoms with E-state index in [0.717, 1.165) is 30.5 Å². The highest BCUT2D eigenvalue weighted by Crippen LogP contribution is 2.22. The normalized spacial score (nSPS) is 23.5. The molecule has 18 heavy (non-hydrogen) atoms. The van der Waals surface area contributed by atoms with Gasteiger partial charge < -0.3 is 10.1 Å². The molecule has 1 aromatic rings. The Bertz CT molecular complexity index is 399. The lowest BCUT2D eigenvalue weighted by molar-refractivity contribution is 0.0872. The van der Waals surface area contributed by atoms with E-state index in [1.165, 1.54) is 6.07 Å². The van der Waals surface area contributed by atoms with E-state index in [1.807, 2.05) is 6.07 Å². The van der Waals surface area contributed by atoms with Gasteiger partial charge in [0.05, 0.1) is 6.10 Å². The van der Waals surface area contributed by atoms with E-state index < -0.39 is 0 Å². The zero-order valence-electron chi connectivity index (χ0n) is 10.6. The third-order valence-corrected chi connectivity index (χ3v) is 3.97. The molecule has 0 aliphatic carbocycles. The first-order valence-corrected chi connectivity index (χ1v) is 7.26. The number of benzene rings is 1. The van der Waals surface area contributed by atoms with Gasteiger partial charge in [-0.05, 0) is 37.0 Å². The third-order valence-electron chi connectivity index (χ3n) is 3.48. The molecule has 0 saturated carbocycles. The molecule has 2 nitrogen and oxygen atoms in total. The fraction of sp³-hybridized carbons (Fsp3) is 0.571. The first-order chi connectivity index (χ1) is 8.70. The van der Waals surface area contributed by atoms with Crippen LogP contribution in [-0.2, 0) is 11.3 Å². The minimum Gasteiger partial charge on any atom is -0.378 e. The van der Waals surface area contributed by atoms with E-state index in [4.69, 9.17) is 4.74 Å². The topological polar surface area (TPSA) is 21.3 Å². The van der Waals surface area contributed by atoms with E-state index in [2.05, 4.69) is 28.2 Å².